The molecule has 0 fully saturated rings. The van der Waals surface area contributed by atoms with Crippen LogP contribution in [0, 0.1) is 0 Å². The van der Waals surface area contributed by atoms with Gasteiger partial charge in [-0.05, 0) is 33.1 Å². The second-order valence-corrected chi connectivity index (χ2v) is 10.0. The highest BCUT2D eigenvalue weighted by Crippen LogP contribution is 2.42. The van der Waals surface area contributed by atoms with Gasteiger partial charge in [-0.1, -0.05) is 114 Å². The van der Waals surface area contributed by atoms with Gasteiger partial charge in [-0.25, -0.2) is 0 Å². The molecule has 1 unspecified atom stereocenters. The Kier molecular flexibility index (Phi) is 5.90. The maximum absolute atomic E-state index is 13.7. The number of carbonyl (C=O) groups excluding carboxylic acids is 1. The molecule has 0 aliphatic carbocycles. The van der Waals surface area contributed by atoms with Crippen LogP contribution in [0.1, 0.15) is 80.1 Å². The number of phenolic OH excluding ortho intramolecular Hbond substituents is 1. The van der Waals surface area contributed by atoms with Crippen molar-refractivity contribution in [1.29, 1.82) is 0 Å². The van der Waals surface area contributed by atoms with E-state index in [4.69, 9.17) is 0 Å². The van der Waals surface area contributed by atoms with Gasteiger partial charge in [-0.3, -0.25) is 4.79 Å². The second-order valence-electron chi connectivity index (χ2n) is 10.0. The molecule has 1 atom stereocenters. The van der Waals surface area contributed by atoms with E-state index in [2.05, 4.69) is 41.5 Å². The molecule has 0 radical (unpaired) electrons. The lowest BCUT2D eigenvalue weighted by atomic mass is 9.75. The van der Waals surface area contributed by atoms with Crippen molar-refractivity contribution in [3.05, 3.63) is 101 Å². The van der Waals surface area contributed by atoms with Crippen LogP contribution in [0.15, 0.2) is 72.8 Å². The Hall–Kier alpha value is -2.87. The summed E-state index contributed by atoms with van der Waals surface area (Å²) in [6.07, 6.45) is 0. The highest BCUT2D eigenvalue weighted by atomic mass is 16.3. The summed E-state index contributed by atoms with van der Waals surface area (Å²) in [5, 5.41) is 11.1. The van der Waals surface area contributed by atoms with Crippen LogP contribution in [0.25, 0.3) is 0 Å². The zero-order valence-corrected chi connectivity index (χ0v) is 18.9. The minimum Gasteiger partial charge on any atom is -0.507 e. The molecule has 2 heteroatoms. The summed E-state index contributed by atoms with van der Waals surface area (Å²) < 4.78 is 0. The molecule has 2 nitrogen and oxygen atoms in total. The molecule has 0 spiro atoms. The summed E-state index contributed by atoms with van der Waals surface area (Å²) in [5.74, 6) is -0.0404. The van der Waals surface area contributed by atoms with E-state index in [9.17, 15) is 9.90 Å². The van der Waals surface area contributed by atoms with Crippen molar-refractivity contribution >= 4 is 5.78 Å². The highest BCUT2D eigenvalue weighted by molar-refractivity contribution is 6.03. The number of hydrogen-bond acceptors (Lipinski definition) is 2. The van der Waals surface area contributed by atoms with E-state index >= 15 is 0 Å². The molecule has 156 valence electrons. The lowest BCUT2D eigenvalue weighted by Gasteiger charge is -2.30. The number of rotatable bonds is 4. The summed E-state index contributed by atoms with van der Waals surface area (Å²) in [5.41, 5.74) is 3.79. The Morgan fingerprint density at radius 1 is 0.700 bits per heavy atom. The Morgan fingerprint density at radius 3 is 1.57 bits per heavy atom. The molecule has 0 saturated carbocycles. The third kappa shape index (κ3) is 4.48. The van der Waals surface area contributed by atoms with Crippen molar-refractivity contribution in [1.82, 2.24) is 0 Å². The lowest BCUT2D eigenvalue weighted by molar-refractivity contribution is 0.0973. The van der Waals surface area contributed by atoms with Crippen LogP contribution in [0.2, 0.25) is 0 Å². The van der Waals surface area contributed by atoms with Gasteiger partial charge < -0.3 is 5.11 Å². The van der Waals surface area contributed by atoms with Gasteiger partial charge in [0.25, 0.3) is 0 Å². The van der Waals surface area contributed by atoms with E-state index in [-0.39, 0.29) is 16.6 Å². The van der Waals surface area contributed by atoms with E-state index in [1.807, 2.05) is 72.8 Å². The molecule has 3 aromatic carbocycles. The molecule has 0 aliphatic heterocycles. The Morgan fingerprint density at radius 2 is 1.13 bits per heavy atom. The summed E-state index contributed by atoms with van der Waals surface area (Å²) in [6, 6.07) is 23.4. The first-order chi connectivity index (χ1) is 14.0. The van der Waals surface area contributed by atoms with Gasteiger partial charge in [-0.2, -0.15) is 0 Å². The van der Waals surface area contributed by atoms with Crippen molar-refractivity contribution in [3.63, 3.8) is 0 Å². The summed E-state index contributed by atoms with van der Waals surface area (Å²) in [4.78, 5) is 13.7. The third-order valence-electron chi connectivity index (χ3n) is 5.54. The summed E-state index contributed by atoms with van der Waals surface area (Å²) >= 11 is 0. The zero-order valence-electron chi connectivity index (χ0n) is 18.9. The quantitative estimate of drug-likeness (QED) is 0.479. The van der Waals surface area contributed by atoms with Crippen molar-refractivity contribution < 1.29 is 9.90 Å². The van der Waals surface area contributed by atoms with E-state index in [0.717, 1.165) is 22.3 Å². The first-order valence-electron chi connectivity index (χ1n) is 10.5. The Labute approximate surface area is 180 Å². The zero-order chi connectivity index (χ0) is 22.1. The minimum absolute atomic E-state index is 0.0622. The molecule has 0 aliphatic rings. The average molecular weight is 401 g/mol. The predicted octanol–water partition coefficient (Wildman–Crippen LogP) is 7.00. The fraction of sp³-hybridized carbons (Fsp3) is 0.321. The largest absolute Gasteiger partial charge is 0.507 e. The van der Waals surface area contributed by atoms with Crippen LogP contribution in [-0.2, 0) is 10.8 Å². The summed E-state index contributed by atoms with van der Waals surface area (Å²) in [6.45, 7) is 12.6. The van der Waals surface area contributed by atoms with Gasteiger partial charge >= 0.3 is 0 Å². The smallest absolute Gasteiger partial charge is 0.174 e. The number of benzene rings is 3. The predicted molar refractivity (Wildman–Crippen MR) is 125 cm³/mol. The van der Waals surface area contributed by atoms with Gasteiger partial charge in [-0.15, -0.1) is 0 Å². The number of phenols is 1. The fourth-order valence-corrected chi connectivity index (χ4v) is 3.88. The minimum atomic E-state index is -0.434. The van der Waals surface area contributed by atoms with Gasteiger partial charge in [0.15, 0.2) is 5.78 Å². The lowest BCUT2D eigenvalue weighted by Crippen LogP contribution is -2.21. The van der Waals surface area contributed by atoms with E-state index in [1.165, 1.54) is 0 Å². The number of hydrogen-bond donors (Lipinski definition) is 1. The maximum atomic E-state index is 13.7. The monoisotopic (exact) mass is 400 g/mol. The molecule has 3 rings (SSSR count). The first-order valence-corrected chi connectivity index (χ1v) is 10.5. The second kappa shape index (κ2) is 8.10. The van der Waals surface area contributed by atoms with Crippen LogP contribution in [-0.4, -0.2) is 10.9 Å². The van der Waals surface area contributed by atoms with Crippen LogP contribution >= 0.6 is 0 Å². The van der Waals surface area contributed by atoms with Crippen molar-refractivity contribution in [2.45, 2.75) is 58.3 Å². The number of Topliss-reactive ketones (excluding diaryl/α,β-unsaturated/α-hetero) is 1. The average Bonchev–Trinajstić information content (AvgIpc) is 2.69. The van der Waals surface area contributed by atoms with Gasteiger partial charge in [0.1, 0.15) is 5.75 Å². The van der Waals surface area contributed by atoms with Gasteiger partial charge in [0.05, 0.1) is 5.92 Å². The van der Waals surface area contributed by atoms with Crippen LogP contribution < -0.4 is 0 Å². The van der Waals surface area contributed by atoms with Crippen LogP contribution in [0.5, 0.6) is 5.75 Å². The van der Waals surface area contributed by atoms with E-state index in [0.29, 0.717) is 11.3 Å². The summed E-state index contributed by atoms with van der Waals surface area (Å²) in [7, 11) is 0. The van der Waals surface area contributed by atoms with Gasteiger partial charge in [0.2, 0.25) is 0 Å². The third-order valence-corrected chi connectivity index (χ3v) is 5.54. The molecule has 0 saturated heterocycles. The van der Waals surface area contributed by atoms with Crippen molar-refractivity contribution in [3.8, 4) is 5.75 Å². The molecule has 30 heavy (non-hydrogen) atoms. The SMILES string of the molecule is CC(C)(C)c1cc(C(C(=O)c2ccccc2)c2ccccc2)cc(C(C)(C)C)c1O. The van der Waals surface area contributed by atoms with Crippen LogP contribution in [0.3, 0.4) is 0 Å². The number of aromatic hydroxyl groups is 1. The molecule has 0 amide bonds. The van der Waals surface area contributed by atoms with Gasteiger partial charge in [0, 0.05) is 5.56 Å². The molecule has 0 bridgehead atoms. The maximum Gasteiger partial charge on any atom is 0.174 e. The first kappa shape index (κ1) is 21.8. The van der Waals surface area contributed by atoms with Crippen molar-refractivity contribution in [2.24, 2.45) is 0 Å². The van der Waals surface area contributed by atoms with E-state index in [1.54, 1.807) is 0 Å². The molecule has 0 heterocycles. The highest BCUT2D eigenvalue weighted by Gasteiger charge is 2.31. The normalized spacial score (nSPS) is 13.1. The number of ketones is 1. The molecular weight excluding hydrogens is 368 g/mol. The molecule has 1 N–H and O–H groups in total. The van der Waals surface area contributed by atoms with Crippen LogP contribution in [0.4, 0.5) is 0 Å². The topological polar surface area (TPSA) is 37.3 Å². The molecule has 0 aromatic heterocycles. The molecule has 3 aromatic rings. The fourth-order valence-electron chi connectivity index (χ4n) is 3.88. The Bertz CT molecular complexity index is 985. The van der Waals surface area contributed by atoms with Crippen molar-refractivity contribution in [2.75, 3.05) is 0 Å². The van der Waals surface area contributed by atoms with E-state index < -0.39 is 5.92 Å². The Balaban J connectivity index is 2.30. The standard InChI is InChI=1S/C28H32O2/c1-27(2,3)22-17-21(18-23(26(22)30)28(4,5)6)24(19-13-9-7-10-14-19)25(29)20-15-11-8-12-16-20/h7-18,24,30H,1-6H3. The number of carbonyl (C=O) groups is 1. The molecular formula is C28H32O2.